The van der Waals surface area contributed by atoms with Crippen LogP contribution in [0, 0.1) is 5.82 Å². The first-order valence-corrected chi connectivity index (χ1v) is 5.25. The molecule has 0 atom stereocenters. The average molecular weight is 211 g/mol. The van der Waals surface area contributed by atoms with Crippen LogP contribution in [0.2, 0.25) is 0 Å². The number of rotatable bonds is 5. The summed E-state index contributed by atoms with van der Waals surface area (Å²) in [7, 11) is 0. The van der Waals surface area contributed by atoms with Gasteiger partial charge in [0.15, 0.2) is 11.6 Å². The first kappa shape index (κ1) is 11.9. The molecule has 4 heteroatoms. The van der Waals surface area contributed by atoms with E-state index in [9.17, 15) is 4.39 Å². The van der Waals surface area contributed by atoms with Crippen molar-refractivity contribution in [2.24, 2.45) is 0 Å². The lowest BCUT2D eigenvalue weighted by atomic mass is 10.2. The number of pyridine rings is 1. The van der Waals surface area contributed by atoms with Crippen LogP contribution in [0.15, 0.2) is 12.3 Å². The molecule has 1 rings (SSSR count). The van der Waals surface area contributed by atoms with Gasteiger partial charge in [0, 0.05) is 30.9 Å². The molecule has 1 heterocycles. The van der Waals surface area contributed by atoms with Crippen LogP contribution in [-0.4, -0.2) is 17.6 Å². The maximum absolute atomic E-state index is 13.7. The van der Waals surface area contributed by atoms with Crippen LogP contribution in [0.5, 0.6) is 0 Å². The molecule has 1 aromatic heterocycles. The highest BCUT2D eigenvalue weighted by atomic mass is 19.1. The van der Waals surface area contributed by atoms with E-state index in [1.54, 1.807) is 12.3 Å². The molecule has 0 fully saturated rings. The van der Waals surface area contributed by atoms with Gasteiger partial charge in [-0.25, -0.2) is 9.37 Å². The van der Waals surface area contributed by atoms with Crippen LogP contribution in [-0.2, 0) is 6.54 Å². The highest BCUT2D eigenvalue weighted by Gasteiger charge is 2.08. The Morgan fingerprint density at radius 2 is 2.20 bits per heavy atom. The first-order chi connectivity index (χ1) is 7.15. The van der Waals surface area contributed by atoms with Gasteiger partial charge in [-0.2, -0.15) is 0 Å². The van der Waals surface area contributed by atoms with Gasteiger partial charge in [-0.3, -0.25) is 0 Å². The summed E-state index contributed by atoms with van der Waals surface area (Å²) in [6, 6.07) is 2.05. The standard InChI is InChI=1S/C11H18FN3/c1-4-13-11-10(12)9(5-6-14-11)7-15-8(2)3/h5-6,8,15H,4,7H2,1-3H3,(H,13,14). The molecule has 84 valence electrons. The van der Waals surface area contributed by atoms with Gasteiger partial charge in [0.1, 0.15) is 0 Å². The van der Waals surface area contributed by atoms with E-state index in [1.165, 1.54) is 0 Å². The van der Waals surface area contributed by atoms with Crippen molar-refractivity contribution in [3.63, 3.8) is 0 Å². The molecule has 0 aliphatic carbocycles. The van der Waals surface area contributed by atoms with Crippen LogP contribution >= 0.6 is 0 Å². The lowest BCUT2D eigenvalue weighted by Crippen LogP contribution is -2.22. The number of halogens is 1. The maximum Gasteiger partial charge on any atom is 0.169 e. The highest BCUT2D eigenvalue weighted by Crippen LogP contribution is 2.14. The van der Waals surface area contributed by atoms with Crippen molar-refractivity contribution >= 4 is 5.82 Å². The van der Waals surface area contributed by atoms with Gasteiger partial charge in [0.2, 0.25) is 0 Å². The molecule has 0 amide bonds. The predicted molar refractivity (Wildman–Crippen MR) is 60.3 cm³/mol. The fourth-order valence-electron chi connectivity index (χ4n) is 1.22. The SMILES string of the molecule is CCNc1nccc(CNC(C)C)c1F. The number of nitrogens with one attached hydrogen (secondary N) is 2. The number of aromatic nitrogens is 1. The molecule has 0 saturated heterocycles. The number of hydrogen-bond donors (Lipinski definition) is 2. The zero-order valence-corrected chi connectivity index (χ0v) is 9.47. The molecule has 0 aliphatic heterocycles. The number of hydrogen-bond acceptors (Lipinski definition) is 3. The molecule has 2 N–H and O–H groups in total. The molecule has 0 aromatic carbocycles. The summed E-state index contributed by atoms with van der Waals surface area (Å²) in [6.45, 7) is 7.18. The third-order valence-corrected chi connectivity index (χ3v) is 2.01. The van der Waals surface area contributed by atoms with E-state index in [-0.39, 0.29) is 5.82 Å². The van der Waals surface area contributed by atoms with E-state index in [0.717, 1.165) is 0 Å². The van der Waals surface area contributed by atoms with Crippen molar-refractivity contribution in [2.75, 3.05) is 11.9 Å². The van der Waals surface area contributed by atoms with E-state index in [2.05, 4.69) is 15.6 Å². The molecule has 0 spiro atoms. The van der Waals surface area contributed by atoms with Crippen molar-refractivity contribution in [1.82, 2.24) is 10.3 Å². The van der Waals surface area contributed by atoms with E-state index in [4.69, 9.17) is 0 Å². The molecule has 0 radical (unpaired) electrons. The largest absolute Gasteiger partial charge is 0.368 e. The minimum absolute atomic E-state index is 0.257. The molecule has 0 saturated carbocycles. The van der Waals surface area contributed by atoms with Crippen LogP contribution in [0.4, 0.5) is 10.2 Å². The zero-order chi connectivity index (χ0) is 11.3. The van der Waals surface area contributed by atoms with Gasteiger partial charge in [-0.1, -0.05) is 13.8 Å². The third kappa shape index (κ3) is 3.47. The van der Waals surface area contributed by atoms with E-state index < -0.39 is 0 Å². The Morgan fingerprint density at radius 3 is 2.80 bits per heavy atom. The predicted octanol–water partition coefficient (Wildman–Crippen LogP) is 2.15. The summed E-state index contributed by atoms with van der Waals surface area (Å²) in [4.78, 5) is 3.94. The fourth-order valence-corrected chi connectivity index (χ4v) is 1.22. The Bertz CT molecular complexity index is 313. The van der Waals surface area contributed by atoms with Crippen LogP contribution in [0.3, 0.4) is 0 Å². The second kappa shape index (κ2) is 5.66. The molecule has 0 bridgehead atoms. The average Bonchev–Trinajstić information content (AvgIpc) is 2.19. The van der Waals surface area contributed by atoms with Gasteiger partial charge < -0.3 is 10.6 Å². The summed E-state index contributed by atoms with van der Waals surface area (Å²) in [5.74, 6) is 0.0769. The number of anilines is 1. The Kier molecular flexibility index (Phi) is 4.49. The van der Waals surface area contributed by atoms with Gasteiger partial charge in [0.25, 0.3) is 0 Å². The van der Waals surface area contributed by atoms with Gasteiger partial charge in [0.05, 0.1) is 0 Å². The van der Waals surface area contributed by atoms with Gasteiger partial charge in [-0.05, 0) is 13.0 Å². The lowest BCUT2D eigenvalue weighted by Gasteiger charge is -2.11. The number of nitrogens with zero attached hydrogens (tertiary/aromatic N) is 1. The van der Waals surface area contributed by atoms with Crippen molar-refractivity contribution in [3.8, 4) is 0 Å². The second-order valence-corrected chi connectivity index (χ2v) is 3.70. The summed E-state index contributed by atoms with van der Waals surface area (Å²) in [5, 5.41) is 6.07. The van der Waals surface area contributed by atoms with E-state index in [0.29, 0.717) is 30.5 Å². The van der Waals surface area contributed by atoms with Gasteiger partial charge >= 0.3 is 0 Å². The summed E-state index contributed by atoms with van der Waals surface area (Å²) in [6.07, 6.45) is 1.62. The summed E-state index contributed by atoms with van der Waals surface area (Å²) in [5.41, 5.74) is 0.648. The van der Waals surface area contributed by atoms with E-state index in [1.807, 2.05) is 20.8 Å². The Labute approximate surface area is 90.1 Å². The van der Waals surface area contributed by atoms with Crippen molar-refractivity contribution < 1.29 is 4.39 Å². The zero-order valence-electron chi connectivity index (χ0n) is 9.47. The Balaban J connectivity index is 2.75. The molecule has 0 aliphatic rings. The summed E-state index contributed by atoms with van der Waals surface area (Å²) >= 11 is 0. The topological polar surface area (TPSA) is 37.0 Å². The minimum atomic E-state index is -0.257. The van der Waals surface area contributed by atoms with Crippen molar-refractivity contribution in [1.29, 1.82) is 0 Å². The van der Waals surface area contributed by atoms with E-state index >= 15 is 0 Å². The third-order valence-electron chi connectivity index (χ3n) is 2.01. The van der Waals surface area contributed by atoms with Gasteiger partial charge in [-0.15, -0.1) is 0 Å². The smallest absolute Gasteiger partial charge is 0.169 e. The quantitative estimate of drug-likeness (QED) is 0.783. The highest BCUT2D eigenvalue weighted by molar-refractivity contribution is 5.39. The normalized spacial score (nSPS) is 10.7. The summed E-state index contributed by atoms with van der Waals surface area (Å²) < 4.78 is 13.7. The Morgan fingerprint density at radius 1 is 1.47 bits per heavy atom. The molecular weight excluding hydrogens is 193 g/mol. The van der Waals surface area contributed by atoms with Crippen molar-refractivity contribution in [3.05, 3.63) is 23.6 Å². The van der Waals surface area contributed by atoms with Crippen molar-refractivity contribution in [2.45, 2.75) is 33.4 Å². The van der Waals surface area contributed by atoms with Crippen LogP contribution in [0.25, 0.3) is 0 Å². The molecule has 1 aromatic rings. The molecule has 0 unspecified atom stereocenters. The molecule has 3 nitrogen and oxygen atoms in total. The minimum Gasteiger partial charge on any atom is -0.368 e. The maximum atomic E-state index is 13.7. The lowest BCUT2D eigenvalue weighted by molar-refractivity contribution is 0.552. The monoisotopic (exact) mass is 211 g/mol. The molecular formula is C11H18FN3. The van der Waals surface area contributed by atoms with Crippen LogP contribution in [0.1, 0.15) is 26.3 Å². The Hall–Kier alpha value is -1.16. The van der Waals surface area contributed by atoms with Crippen LogP contribution < -0.4 is 10.6 Å². The second-order valence-electron chi connectivity index (χ2n) is 3.70. The molecule has 15 heavy (non-hydrogen) atoms. The first-order valence-electron chi connectivity index (χ1n) is 5.25. The fraction of sp³-hybridized carbons (Fsp3) is 0.545.